The summed E-state index contributed by atoms with van der Waals surface area (Å²) in [6.07, 6.45) is 6.59. The number of rotatable bonds is 8. The molecule has 4 heteroatoms. The van der Waals surface area contributed by atoms with Gasteiger partial charge in [-0.3, -0.25) is 4.79 Å². The van der Waals surface area contributed by atoms with Crippen molar-refractivity contribution < 1.29 is 14.6 Å². The van der Waals surface area contributed by atoms with Crippen LogP contribution in [-0.2, 0) is 11.3 Å². The Morgan fingerprint density at radius 3 is 2.86 bits per heavy atom. The molecule has 0 fully saturated rings. The van der Waals surface area contributed by atoms with Crippen LogP contribution in [0.25, 0.3) is 0 Å². The predicted octanol–water partition coefficient (Wildman–Crippen LogP) is 3.40. The zero-order valence-electron chi connectivity index (χ0n) is 13.1. The summed E-state index contributed by atoms with van der Waals surface area (Å²) < 4.78 is 5.03. The third-order valence-corrected chi connectivity index (χ3v) is 3.03. The summed E-state index contributed by atoms with van der Waals surface area (Å²) in [5, 5.41) is 12.4. The van der Waals surface area contributed by atoms with E-state index in [1.807, 2.05) is 0 Å². The molecule has 0 aliphatic carbocycles. The first-order valence-corrected chi connectivity index (χ1v) is 7.32. The number of aromatic hydroxyl groups is 1. The lowest BCUT2D eigenvalue weighted by Crippen LogP contribution is -2.22. The van der Waals surface area contributed by atoms with Crippen LogP contribution in [0.2, 0.25) is 0 Å². The highest BCUT2D eigenvalue weighted by Gasteiger charge is 2.04. The van der Waals surface area contributed by atoms with Crippen LogP contribution >= 0.6 is 0 Å². The van der Waals surface area contributed by atoms with E-state index in [0.717, 1.165) is 18.4 Å². The zero-order valence-corrected chi connectivity index (χ0v) is 13.1. The van der Waals surface area contributed by atoms with E-state index in [2.05, 4.69) is 31.3 Å². The number of ether oxygens (including phenoxy) is 1. The number of carbonyl (C=O) groups excluding carboxylic acids is 1. The van der Waals surface area contributed by atoms with Gasteiger partial charge < -0.3 is 15.2 Å². The summed E-state index contributed by atoms with van der Waals surface area (Å²) in [4.78, 5) is 11.7. The number of hydrogen-bond acceptors (Lipinski definition) is 3. The van der Waals surface area contributed by atoms with Crippen LogP contribution in [0.3, 0.4) is 0 Å². The third-order valence-electron chi connectivity index (χ3n) is 3.03. The summed E-state index contributed by atoms with van der Waals surface area (Å²) in [5.74, 6) is 1.12. The Labute approximate surface area is 126 Å². The first kappa shape index (κ1) is 17.1. The van der Waals surface area contributed by atoms with Gasteiger partial charge in [0.15, 0.2) is 11.5 Å². The van der Waals surface area contributed by atoms with Gasteiger partial charge in [0.05, 0.1) is 7.11 Å². The Morgan fingerprint density at radius 2 is 2.19 bits per heavy atom. The molecule has 1 aromatic rings. The minimum Gasteiger partial charge on any atom is -0.504 e. The number of unbranched alkanes of at least 4 members (excludes halogenated alkanes) is 1. The second-order valence-corrected chi connectivity index (χ2v) is 5.35. The van der Waals surface area contributed by atoms with Crippen molar-refractivity contribution in [1.29, 1.82) is 0 Å². The van der Waals surface area contributed by atoms with Gasteiger partial charge in [0, 0.05) is 13.0 Å². The summed E-state index contributed by atoms with van der Waals surface area (Å²) >= 11 is 0. The quantitative estimate of drug-likeness (QED) is 0.570. The monoisotopic (exact) mass is 291 g/mol. The van der Waals surface area contributed by atoms with Gasteiger partial charge >= 0.3 is 0 Å². The van der Waals surface area contributed by atoms with Crippen molar-refractivity contribution in [2.24, 2.45) is 5.92 Å². The molecule has 0 aliphatic rings. The lowest BCUT2D eigenvalue weighted by Gasteiger charge is -2.08. The molecular weight excluding hydrogens is 266 g/mol. The molecule has 0 aliphatic heterocycles. The number of methoxy groups -OCH3 is 1. The normalized spacial score (nSPS) is 11.0. The molecule has 0 saturated heterocycles. The molecule has 0 atom stereocenters. The van der Waals surface area contributed by atoms with E-state index >= 15 is 0 Å². The molecule has 0 bridgehead atoms. The summed E-state index contributed by atoms with van der Waals surface area (Å²) in [6.45, 7) is 4.71. The van der Waals surface area contributed by atoms with Crippen LogP contribution in [0.5, 0.6) is 11.5 Å². The minimum atomic E-state index is 0.0417. The molecular formula is C17H25NO3. The Balaban J connectivity index is 2.30. The molecule has 116 valence electrons. The lowest BCUT2D eigenvalue weighted by molar-refractivity contribution is -0.121. The van der Waals surface area contributed by atoms with Gasteiger partial charge in [0.2, 0.25) is 5.91 Å². The lowest BCUT2D eigenvalue weighted by atomic mass is 10.1. The Kier molecular flexibility index (Phi) is 7.37. The molecule has 0 radical (unpaired) electrons. The number of carbonyl (C=O) groups is 1. The van der Waals surface area contributed by atoms with Crippen molar-refractivity contribution in [2.45, 2.75) is 39.7 Å². The highest BCUT2D eigenvalue weighted by atomic mass is 16.5. The average molecular weight is 291 g/mol. The van der Waals surface area contributed by atoms with Gasteiger partial charge in [0.25, 0.3) is 0 Å². The Bertz CT molecular complexity index is 481. The van der Waals surface area contributed by atoms with Crippen LogP contribution < -0.4 is 10.1 Å². The Hall–Kier alpha value is -1.97. The molecule has 0 unspecified atom stereocenters. The highest BCUT2D eigenvalue weighted by Crippen LogP contribution is 2.26. The van der Waals surface area contributed by atoms with E-state index in [1.165, 1.54) is 7.11 Å². The first-order valence-electron chi connectivity index (χ1n) is 7.32. The number of phenolic OH excluding ortho intramolecular Hbond substituents is 1. The maximum absolute atomic E-state index is 11.7. The van der Waals surface area contributed by atoms with E-state index in [1.54, 1.807) is 18.2 Å². The largest absolute Gasteiger partial charge is 0.504 e. The summed E-state index contributed by atoms with van der Waals surface area (Å²) in [5.41, 5.74) is 0.901. The van der Waals surface area contributed by atoms with E-state index in [0.29, 0.717) is 24.6 Å². The van der Waals surface area contributed by atoms with Crippen LogP contribution in [0, 0.1) is 5.92 Å². The van der Waals surface area contributed by atoms with Crippen molar-refractivity contribution in [2.75, 3.05) is 7.11 Å². The van der Waals surface area contributed by atoms with Gasteiger partial charge in [-0.1, -0.05) is 32.1 Å². The molecule has 4 nitrogen and oxygen atoms in total. The van der Waals surface area contributed by atoms with E-state index < -0.39 is 0 Å². The number of phenols is 1. The fraction of sp³-hybridized carbons (Fsp3) is 0.471. The SMILES string of the molecule is COc1cc(CNC(=O)CCC/C=C/C(C)C)ccc1O. The smallest absolute Gasteiger partial charge is 0.220 e. The van der Waals surface area contributed by atoms with Gasteiger partial charge in [-0.2, -0.15) is 0 Å². The number of amides is 1. The van der Waals surface area contributed by atoms with Crippen molar-refractivity contribution in [3.63, 3.8) is 0 Å². The second kappa shape index (κ2) is 9.06. The number of nitrogens with one attached hydrogen (secondary N) is 1. The average Bonchev–Trinajstić information content (AvgIpc) is 2.45. The van der Waals surface area contributed by atoms with Gasteiger partial charge in [0.1, 0.15) is 0 Å². The standard InChI is InChI=1S/C17H25NO3/c1-13(2)7-5-4-6-8-17(20)18-12-14-9-10-15(19)16(11-14)21-3/h5,7,9-11,13,19H,4,6,8,12H2,1-3H3,(H,18,20)/b7-5+. The molecule has 0 saturated carbocycles. The fourth-order valence-electron chi connectivity index (χ4n) is 1.87. The molecule has 0 heterocycles. The molecule has 21 heavy (non-hydrogen) atoms. The van der Waals surface area contributed by atoms with Gasteiger partial charge in [-0.15, -0.1) is 0 Å². The number of hydrogen-bond donors (Lipinski definition) is 2. The third kappa shape index (κ3) is 6.84. The first-order chi connectivity index (χ1) is 10.0. The van der Waals surface area contributed by atoms with Crippen molar-refractivity contribution in [3.05, 3.63) is 35.9 Å². The molecule has 1 amide bonds. The van der Waals surface area contributed by atoms with Gasteiger partial charge in [-0.25, -0.2) is 0 Å². The number of benzene rings is 1. The van der Waals surface area contributed by atoms with Crippen molar-refractivity contribution >= 4 is 5.91 Å². The van der Waals surface area contributed by atoms with Crippen LogP contribution in [-0.4, -0.2) is 18.1 Å². The van der Waals surface area contributed by atoms with E-state index in [-0.39, 0.29) is 11.7 Å². The van der Waals surface area contributed by atoms with E-state index in [9.17, 15) is 9.90 Å². The molecule has 1 aromatic carbocycles. The molecule has 1 rings (SSSR count). The van der Waals surface area contributed by atoms with Crippen molar-refractivity contribution in [1.82, 2.24) is 5.32 Å². The summed E-state index contributed by atoms with van der Waals surface area (Å²) in [7, 11) is 1.50. The summed E-state index contributed by atoms with van der Waals surface area (Å²) in [6, 6.07) is 5.06. The van der Waals surface area contributed by atoms with Crippen LogP contribution in [0.15, 0.2) is 30.4 Å². The van der Waals surface area contributed by atoms with E-state index in [4.69, 9.17) is 4.74 Å². The van der Waals surface area contributed by atoms with Crippen LogP contribution in [0.4, 0.5) is 0 Å². The molecule has 2 N–H and O–H groups in total. The fourth-order valence-corrected chi connectivity index (χ4v) is 1.87. The molecule has 0 spiro atoms. The zero-order chi connectivity index (χ0) is 15.7. The Morgan fingerprint density at radius 1 is 1.43 bits per heavy atom. The van der Waals surface area contributed by atoms with Crippen LogP contribution in [0.1, 0.15) is 38.7 Å². The second-order valence-electron chi connectivity index (χ2n) is 5.35. The highest BCUT2D eigenvalue weighted by molar-refractivity contribution is 5.75. The maximum atomic E-state index is 11.7. The number of allylic oxidation sites excluding steroid dienone is 2. The molecule has 0 aromatic heterocycles. The minimum absolute atomic E-state index is 0.0417. The van der Waals surface area contributed by atoms with Gasteiger partial charge in [-0.05, 0) is 36.5 Å². The topological polar surface area (TPSA) is 58.6 Å². The predicted molar refractivity (Wildman–Crippen MR) is 84.3 cm³/mol. The van der Waals surface area contributed by atoms with Crippen molar-refractivity contribution in [3.8, 4) is 11.5 Å². The maximum Gasteiger partial charge on any atom is 0.220 e.